The maximum Gasteiger partial charge on any atom is 0.257 e. The molecule has 3 nitrogen and oxygen atoms in total. The van der Waals surface area contributed by atoms with E-state index in [4.69, 9.17) is 12.2 Å². The Kier molecular flexibility index (Phi) is 5.03. The third-order valence-corrected chi connectivity index (χ3v) is 2.23. The highest BCUT2D eigenvalue weighted by atomic mass is 32.1. The zero-order valence-corrected chi connectivity index (χ0v) is 10.6. The van der Waals surface area contributed by atoms with Gasteiger partial charge in [-0.05, 0) is 36.3 Å². The van der Waals surface area contributed by atoms with Crippen LogP contribution in [0.5, 0.6) is 0 Å². The lowest BCUT2D eigenvalue weighted by atomic mass is 10.2. The van der Waals surface area contributed by atoms with E-state index in [1.54, 1.807) is 0 Å². The van der Waals surface area contributed by atoms with Crippen LogP contribution in [-0.4, -0.2) is 17.6 Å². The molecule has 1 amide bonds. The Bertz CT molecular complexity index is 421. The minimum Gasteiger partial charge on any atom is -0.362 e. The average Bonchev–Trinajstić information content (AvgIpc) is 2.26. The smallest absolute Gasteiger partial charge is 0.257 e. The van der Waals surface area contributed by atoms with Gasteiger partial charge in [0.25, 0.3) is 5.91 Å². The summed E-state index contributed by atoms with van der Waals surface area (Å²) in [5, 5.41) is 5.65. The second kappa shape index (κ2) is 6.30. The largest absolute Gasteiger partial charge is 0.362 e. The Morgan fingerprint density at radius 3 is 2.76 bits per heavy atom. The summed E-state index contributed by atoms with van der Waals surface area (Å²) in [6, 6.07) is 5.46. The lowest BCUT2D eigenvalue weighted by molar-refractivity contribution is 0.0976. The standard InChI is InChI=1S/C12H15FN2OS/c1-8(2)7-14-12(17)15-11(16)9-4-3-5-10(13)6-9/h3-6,8H,7H2,1-2H3,(H2,14,15,16,17). The fourth-order valence-electron chi connectivity index (χ4n) is 1.15. The maximum atomic E-state index is 12.9. The summed E-state index contributed by atoms with van der Waals surface area (Å²) in [6.07, 6.45) is 0. The molecular weight excluding hydrogens is 239 g/mol. The first kappa shape index (κ1) is 13.6. The molecule has 0 bridgehead atoms. The van der Waals surface area contributed by atoms with Gasteiger partial charge in [-0.15, -0.1) is 0 Å². The summed E-state index contributed by atoms with van der Waals surface area (Å²) in [4.78, 5) is 11.6. The minimum absolute atomic E-state index is 0.249. The number of hydrogen-bond donors (Lipinski definition) is 2. The Morgan fingerprint density at radius 2 is 2.18 bits per heavy atom. The number of carbonyl (C=O) groups excluding carboxylic acids is 1. The third-order valence-electron chi connectivity index (χ3n) is 1.98. The fourth-order valence-corrected chi connectivity index (χ4v) is 1.32. The van der Waals surface area contributed by atoms with Gasteiger partial charge in [0.15, 0.2) is 5.11 Å². The molecular formula is C12H15FN2OS. The maximum absolute atomic E-state index is 12.9. The highest BCUT2D eigenvalue weighted by Crippen LogP contribution is 2.02. The second-order valence-corrected chi connectivity index (χ2v) is 4.48. The van der Waals surface area contributed by atoms with Crippen molar-refractivity contribution in [2.45, 2.75) is 13.8 Å². The Hall–Kier alpha value is -1.49. The number of halogens is 1. The molecule has 0 aromatic heterocycles. The number of thiocarbonyl (C=S) groups is 1. The first-order valence-electron chi connectivity index (χ1n) is 5.34. The van der Waals surface area contributed by atoms with E-state index in [0.717, 1.165) is 0 Å². The van der Waals surface area contributed by atoms with Gasteiger partial charge in [-0.2, -0.15) is 0 Å². The summed E-state index contributed by atoms with van der Waals surface area (Å²) >= 11 is 4.94. The van der Waals surface area contributed by atoms with Crippen LogP contribution in [0.25, 0.3) is 0 Å². The van der Waals surface area contributed by atoms with Crippen molar-refractivity contribution in [3.63, 3.8) is 0 Å². The van der Waals surface area contributed by atoms with Crippen molar-refractivity contribution in [3.8, 4) is 0 Å². The van der Waals surface area contributed by atoms with Crippen LogP contribution >= 0.6 is 12.2 Å². The summed E-state index contributed by atoms with van der Waals surface area (Å²) in [7, 11) is 0. The third kappa shape index (κ3) is 4.91. The number of benzene rings is 1. The van der Waals surface area contributed by atoms with Crippen molar-refractivity contribution in [2.75, 3.05) is 6.54 Å². The zero-order chi connectivity index (χ0) is 12.8. The quantitative estimate of drug-likeness (QED) is 0.812. The van der Waals surface area contributed by atoms with Crippen LogP contribution in [0, 0.1) is 11.7 Å². The van der Waals surface area contributed by atoms with Gasteiger partial charge < -0.3 is 5.32 Å². The second-order valence-electron chi connectivity index (χ2n) is 4.07. The molecule has 17 heavy (non-hydrogen) atoms. The van der Waals surface area contributed by atoms with Crippen molar-refractivity contribution < 1.29 is 9.18 Å². The molecule has 0 aliphatic heterocycles. The summed E-state index contributed by atoms with van der Waals surface area (Å²) in [6.45, 7) is 4.75. The fraction of sp³-hybridized carbons (Fsp3) is 0.333. The van der Waals surface area contributed by atoms with E-state index in [1.165, 1.54) is 24.3 Å². The number of hydrogen-bond acceptors (Lipinski definition) is 2. The summed E-state index contributed by atoms with van der Waals surface area (Å²) in [5.41, 5.74) is 0.249. The number of nitrogens with one attached hydrogen (secondary N) is 2. The van der Waals surface area contributed by atoms with Crippen LogP contribution in [0.3, 0.4) is 0 Å². The monoisotopic (exact) mass is 254 g/mol. The van der Waals surface area contributed by atoms with Crippen LogP contribution in [0.15, 0.2) is 24.3 Å². The summed E-state index contributed by atoms with van der Waals surface area (Å²) < 4.78 is 12.9. The van der Waals surface area contributed by atoms with Crippen molar-refractivity contribution in [1.82, 2.24) is 10.6 Å². The van der Waals surface area contributed by atoms with Crippen molar-refractivity contribution >= 4 is 23.2 Å². The van der Waals surface area contributed by atoms with Gasteiger partial charge in [0.1, 0.15) is 5.82 Å². The van der Waals surface area contributed by atoms with Crippen molar-refractivity contribution in [3.05, 3.63) is 35.6 Å². The van der Waals surface area contributed by atoms with Gasteiger partial charge in [0.05, 0.1) is 0 Å². The molecule has 1 aromatic carbocycles. The van der Waals surface area contributed by atoms with Crippen molar-refractivity contribution in [2.24, 2.45) is 5.92 Å². The van der Waals surface area contributed by atoms with Crippen LogP contribution in [0.4, 0.5) is 4.39 Å². The molecule has 0 unspecified atom stereocenters. The molecule has 0 radical (unpaired) electrons. The van der Waals surface area contributed by atoms with Gasteiger partial charge in [-0.25, -0.2) is 4.39 Å². The van der Waals surface area contributed by atoms with Crippen molar-refractivity contribution in [1.29, 1.82) is 0 Å². The Balaban J connectivity index is 2.52. The minimum atomic E-state index is -0.446. The SMILES string of the molecule is CC(C)CNC(=S)NC(=O)c1cccc(F)c1. The predicted octanol–water partition coefficient (Wildman–Crippen LogP) is 2.09. The molecule has 1 aromatic rings. The molecule has 0 spiro atoms. The first-order valence-corrected chi connectivity index (χ1v) is 5.74. The van der Waals surface area contributed by atoms with Gasteiger partial charge >= 0.3 is 0 Å². The molecule has 92 valence electrons. The van der Waals surface area contributed by atoms with Gasteiger partial charge in [0, 0.05) is 12.1 Å². The normalized spacial score (nSPS) is 10.1. The molecule has 0 atom stereocenters. The molecule has 2 N–H and O–H groups in total. The molecule has 5 heteroatoms. The van der Waals surface area contributed by atoms with E-state index < -0.39 is 11.7 Å². The van der Waals surface area contributed by atoms with E-state index in [-0.39, 0.29) is 10.7 Å². The van der Waals surface area contributed by atoms with E-state index in [1.807, 2.05) is 13.8 Å². The highest BCUT2D eigenvalue weighted by molar-refractivity contribution is 7.80. The molecule has 1 rings (SSSR count). The molecule has 0 saturated heterocycles. The average molecular weight is 254 g/mol. The molecule has 0 aliphatic rings. The number of amides is 1. The molecule has 0 saturated carbocycles. The van der Waals surface area contributed by atoms with Gasteiger partial charge in [-0.1, -0.05) is 19.9 Å². The zero-order valence-electron chi connectivity index (χ0n) is 9.79. The van der Waals surface area contributed by atoms with E-state index in [9.17, 15) is 9.18 Å². The van der Waals surface area contributed by atoms with Crippen LogP contribution in [0.2, 0.25) is 0 Å². The molecule has 0 heterocycles. The number of carbonyl (C=O) groups is 1. The highest BCUT2D eigenvalue weighted by Gasteiger charge is 2.08. The van der Waals surface area contributed by atoms with E-state index in [2.05, 4.69) is 10.6 Å². The van der Waals surface area contributed by atoms with Crippen LogP contribution < -0.4 is 10.6 Å². The lowest BCUT2D eigenvalue weighted by Crippen LogP contribution is -2.40. The van der Waals surface area contributed by atoms with Crippen LogP contribution in [-0.2, 0) is 0 Å². The molecule has 0 aliphatic carbocycles. The number of rotatable bonds is 3. The lowest BCUT2D eigenvalue weighted by Gasteiger charge is -2.11. The Morgan fingerprint density at radius 1 is 1.47 bits per heavy atom. The van der Waals surface area contributed by atoms with E-state index >= 15 is 0 Å². The predicted molar refractivity (Wildman–Crippen MR) is 69.3 cm³/mol. The topological polar surface area (TPSA) is 41.1 Å². The first-order chi connectivity index (χ1) is 7.99. The molecule has 0 fully saturated rings. The van der Waals surface area contributed by atoms with Crippen LogP contribution in [0.1, 0.15) is 24.2 Å². The summed E-state index contributed by atoms with van der Waals surface area (Å²) in [5.74, 6) is -0.427. The Labute approximate surface area is 105 Å². The van der Waals surface area contributed by atoms with Gasteiger partial charge in [0.2, 0.25) is 0 Å². The van der Waals surface area contributed by atoms with E-state index in [0.29, 0.717) is 12.5 Å². The van der Waals surface area contributed by atoms with Gasteiger partial charge in [-0.3, -0.25) is 10.1 Å².